The molecule has 1 aliphatic rings. The van der Waals surface area contributed by atoms with Crippen molar-refractivity contribution in [2.45, 2.75) is 47.1 Å². The average molecular weight is 352 g/mol. The molecule has 1 aromatic carbocycles. The molecule has 0 saturated heterocycles. The third-order valence-electron chi connectivity index (χ3n) is 5.06. The Morgan fingerprint density at radius 2 is 2.00 bits per heavy atom. The number of benzene rings is 1. The minimum Gasteiger partial charge on any atom is -0.420 e. The summed E-state index contributed by atoms with van der Waals surface area (Å²) in [6.45, 7) is 11.3. The standard InChI is InChI=1S/C20H24N4O2/c1-6-25-9-15-10(2)7-11(3)16(12(15)4)18-14(8-21)19(22)26-20-17(18)13(5)23-24-20/h7,18H,6,9,22H2,1-5H3,(H,23,24). The van der Waals surface area contributed by atoms with Crippen molar-refractivity contribution in [1.82, 2.24) is 10.2 Å². The van der Waals surface area contributed by atoms with E-state index in [0.29, 0.717) is 24.7 Å². The smallest absolute Gasteiger partial charge is 0.244 e. The van der Waals surface area contributed by atoms with Gasteiger partial charge in [-0.25, -0.2) is 0 Å². The second-order valence-electron chi connectivity index (χ2n) is 6.66. The molecule has 3 rings (SSSR count). The first kappa shape index (κ1) is 18.0. The lowest BCUT2D eigenvalue weighted by atomic mass is 9.78. The predicted molar refractivity (Wildman–Crippen MR) is 98.6 cm³/mol. The summed E-state index contributed by atoms with van der Waals surface area (Å²) in [6, 6.07) is 4.39. The second kappa shape index (κ2) is 6.85. The molecule has 2 heterocycles. The van der Waals surface area contributed by atoms with E-state index in [0.717, 1.165) is 33.5 Å². The monoisotopic (exact) mass is 352 g/mol. The van der Waals surface area contributed by atoms with Crippen molar-refractivity contribution in [2.24, 2.45) is 5.73 Å². The molecular formula is C20H24N4O2. The first-order valence-electron chi connectivity index (χ1n) is 8.70. The number of hydrogen-bond acceptors (Lipinski definition) is 5. The van der Waals surface area contributed by atoms with Gasteiger partial charge in [0.25, 0.3) is 0 Å². The molecule has 26 heavy (non-hydrogen) atoms. The highest BCUT2D eigenvalue weighted by Crippen LogP contribution is 2.45. The Labute approximate surface area is 153 Å². The van der Waals surface area contributed by atoms with Gasteiger partial charge in [0, 0.05) is 17.9 Å². The molecule has 0 bridgehead atoms. The Kier molecular flexibility index (Phi) is 4.75. The van der Waals surface area contributed by atoms with Crippen molar-refractivity contribution < 1.29 is 9.47 Å². The van der Waals surface area contributed by atoms with Crippen molar-refractivity contribution >= 4 is 0 Å². The third-order valence-corrected chi connectivity index (χ3v) is 5.06. The van der Waals surface area contributed by atoms with Crippen molar-refractivity contribution in [3.63, 3.8) is 0 Å². The SMILES string of the molecule is CCOCc1c(C)cc(C)c(C2C(C#N)=C(N)Oc3n[nH]c(C)c32)c1C. The largest absolute Gasteiger partial charge is 0.420 e. The van der Waals surface area contributed by atoms with E-state index in [4.69, 9.17) is 15.2 Å². The molecule has 6 heteroatoms. The van der Waals surface area contributed by atoms with Gasteiger partial charge in [0.15, 0.2) is 0 Å². The minimum absolute atomic E-state index is 0.113. The van der Waals surface area contributed by atoms with E-state index in [9.17, 15) is 5.26 Å². The summed E-state index contributed by atoms with van der Waals surface area (Å²) in [5, 5.41) is 16.9. The fraction of sp³-hybridized carbons (Fsp3) is 0.400. The highest BCUT2D eigenvalue weighted by Gasteiger charge is 2.36. The zero-order chi connectivity index (χ0) is 19.0. The van der Waals surface area contributed by atoms with Crippen LogP contribution in [0.2, 0.25) is 0 Å². The van der Waals surface area contributed by atoms with E-state index in [1.807, 2.05) is 13.8 Å². The maximum absolute atomic E-state index is 9.77. The molecule has 1 aliphatic heterocycles. The zero-order valence-corrected chi connectivity index (χ0v) is 15.9. The van der Waals surface area contributed by atoms with Crippen molar-refractivity contribution in [3.05, 3.63) is 56.6 Å². The lowest BCUT2D eigenvalue weighted by Crippen LogP contribution is -2.22. The summed E-state index contributed by atoms with van der Waals surface area (Å²) in [5.74, 6) is 0.250. The van der Waals surface area contributed by atoms with Crippen LogP contribution in [0.5, 0.6) is 5.88 Å². The summed E-state index contributed by atoms with van der Waals surface area (Å²) in [5.41, 5.74) is 13.8. The van der Waals surface area contributed by atoms with Crippen LogP contribution in [-0.2, 0) is 11.3 Å². The normalized spacial score (nSPS) is 16.2. The minimum atomic E-state index is -0.302. The maximum atomic E-state index is 9.77. The zero-order valence-electron chi connectivity index (χ0n) is 15.9. The van der Waals surface area contributed by atoms with Crippen LogP contribution in [0.25, 0.3) is 0 Å². The number of hydrogen-bond donors (Lipinski definition) is 2. The topological polar surface area (TPSA) is 96.9 Å². The van der Waals surface area contributed by atoms with Crippen LogP contribution in [0.4, 0.5) is 0 Å². The van der Waals surface area contributed by atoms with Crippen LogP contribution >= 0.6 is 0 Å². The van der Waals surface area contributed by atoms with Gasteiger partial charge in [0.1, 0.15) is 11.6 Å². The molecule has 2 aromatic rings. The molecule has 0 radical (unpaired) electrons. The molecular weight excluding hydrogens is 328 g/mol. The van der Waals surface area contributed by atoms with Gasteiger partial charge in [0.2, 0.25) is 11.8 Å². The van der Waals surface area contributed by atoms with Crippen LogP contribution < -0.4 is 10.5 Å². The average Bonchev–Trinajstić information content (AvgIpc) is 2.94. The maximum Gasteiger partial charge on any atom is 0.244 e. The fourth-order valence-corrected chi connectivity index (χ4v) is 3.80. The molecule has 0 saturated carbocycles. The van der Waals surface area contributed by atoms with E-state index in [2.05, 4.69) is 43.1 Å². The van der Waals surface area contributed by atoms with Crippen LogP contribution in [0.3, 0.4) is 0 Å². The van der Waals surface area contributed by atoms with Gasteiger partial charge >= 0.3 is 0 Å². The number of H-pyrrole nitrogens is 1. The van der Waals surface area contributed by atoms with Gasteiger partial charge in [-0.2, -0.15) is 5.26 Å². The van der Waals surface area contributed by atoms with Crippen LogP contribution in [-0.4, -0.2) is 16.8 Å². The first-order chi connectivity index (χ1) is 12.4. The number of nitrogens with two attached hydrogens (primary N) is 1. The molecule has 3 N–H and O–H groups in total. The van der Waals surface area contributed by atoms with Crippen molar-refractivity contribution in [2.75, 3.05) is 6.61 Å². The Balaban J connectivity index is 2.28. The number of nitriles is 1. The number of rotatable bonds is 4. The number of aromatic amines is 1. The quantitative estimate of drug-likeness (QED) is 0.879. The molecule has 1 unspecified atom stereocenters. The summed E-state index contributed by atoms with van der Waals surface area (Å²) < 4.78 is 11.2. The van der Waals surface area contributed by atoms with Gasteiger partial charge in [-0.3, -0.25) is 5.10 Å². The number of aromatic nitrogens is 2. The lowest BCUT2D eigenvalue weighted by molar-refractivity contribution is 0.133. The van der Waals surface area contributed by atoms with Crippen LogP contribution in [0.15, 0.2) is 17.5 Å². The molecule has 1 aromatic heterocycles. The Morgan fingerprint density at radius 1 is 1.27 bits per heavy atom. The van der Waals surface area contributed by atoms with Crippen molar-refractivity contribution in [1.29, 1.82) is 5.26 Å². The second-order valence-corrected chi connectivity index (χ2v) is 6.66. The molecule has 1 atom stereocenters. The predicted octanol–water partition coefficient (Wildman–Crippen LogP) is 3.40. The molecule has 136 valence electrons. The van der Waals surface area contributed by atoms with E-state index in [1.165, 1.54) is 5.56 Å². The number of nitrogens with one attached hydrogen (secondary N) is 1. The van der Waals surface area contributed by atoms with Gasteiger partial charge < -0.3 is 15.2 Å². The summed E-state index contributed by atoms with van der Waals surface area (Å²) in [4.78, 5) is 0. The van der Waals surface area contributed by atoms with E-state index >= 15 is 0 Å². The molecule has 0 amide bonds. The third kappa shape index (κ3) is 2.74. The highest BCUT2D eigenvalue weighted by atomic mass is 16.5. The van der Waals surface area contributed by atoms with E-state index in [1.54, 1.807) is 0 Å². The Bertz CT molecular complexity index is 934. The number of allylic oxidation sites excluding steroid dienone is 1. The van der Waals surface area contributed by atoms with Gasteiger partial charge in [-0.05, 0) is 62.4 Å². The fourth-order valence-electron chi connectivity index (χ4n) is 3.80. The Morgan fingerprint density at radius 3 is 2.65 bits per heavy atom. The van der Waals surface area contributed by atoms with E-state index in [-0.39, 0.29) is 11.8 Å². The van der Waals surface area contributed by atoms with Crippen molar-refractivity contribution in [3.8, 4) is 11.9 Å². The number of ether oxygens (including phenoxy) is 2. The molecule has 6 nitrogen and oxygen atoms in total. The van der Waals surface area contributed by atoms with Gasteiger partial charge in [-0.15, -0.1) is 5.10 Å². The molecule has 0 spiro atoms. The van der Waals surface area contributed by atoms with Crippen LogP contribution in [0.1, 0.15) is 51.9 Å². The van der Waals surface area contributed by atoms with Gasteiger partial charge in [0.05, 0.1) is 12.5 Å². The highest BCUT2D eigenvalue weighted by molar-refractivity contribution is 5.60. The Hall–Kier alpha value is -2.78. The number of fused-ring (bicyclic) bond motifs is 1. The van der Waals surface area contributed by atoms with Crippen LogP contribution in [0, 0.1) is 39.0 Å². The van der Waals surface area contributed by atoms with Gasteiger partial charge in [-0.1, -0.05) is 6.07 Å². The number of nitrogens with zero attached hydrogens (tertiary/aromatic N) is 2. The summed E-state index contributed by atoms with van der Waals surface area (Å²) >= 11 is 0. The number of aryl methyl sites for hydroxylation is 3. The molecule has 0 aliphatic carbocycles. The lowest BCUT2D eigenvalue weighted by Gasteiger charge is -2.28. The first-order valence-corrected chi connectivity index (χ1v) is 8.70. The molecule has 0 fully saturated rings. The van der Waals surface area contributed by atoms with E-state index < -0.39 is 0 Å². The summed E-state index contributed by atoms with van der Waals surface area (Å²) in [6.07, 6.45) is 0. The summed E-state index contributed by atoms with van der Waals surface area (Å²) in [7, 11) is 0.